The first-order valence-electron chi connectivity index (χ1n) is 8.62. The quantitative estimate of drug-likeness (QED) is 0.693. The first kappa shape index (κ1) is 18.3. The Morgan fingerprint density at radius 3 is 2.63 bits per heavy atom. The number of benzene rings is 1. The molecule has 3 aromatic rings. The average Bonchev–Trinajstić information content (AvgIpc) is 2.70. The van der Waals surface area contributed by atoms with Crippen LogP contribution in [0.5, 0.6) is 5.75 Å². The van der Waals surface area contributed by atoms with E-state index >= 15 is 0 Å². The molecule has 7 heteroatoms. The monoisotopic (exact) mass is 364 g/mol. The van der Waals surface area contributed by atoms with Gasteiger partial charge in [-0.25, -0.2) is 4.98 Å². The van der Waals surface area contributed by atoms with Crippen LogP contribution in [0.4, 0.5) is 0 Å². The van der Waals surface area contributed by atoms with Crippen molar-refractivity contribution >= 4 is 5.91 Å². The normalized spacial score (nSPS) is 10.4. The lowest BCUT2D eigenvalue weighted by atomic mass is 10.1. The highest BCUT2D eigenvalue weighted by molar-refractivity contribution is 5.75. The Morgan fingerprint density at radius 2 is 1.96 bits per heavy atom. The predicted molar refractivity (Wildman–Crippen MR) is 101 cm³/mol. The van der Waals surface area contributed by atoms with Gasteiger partial charge in [-0.2, -0.15) is 0 Å². The minimum absolute atomic E-state index is 0.0950. The van der Waals surface area contributed by atoms with Gasteiger partial charge in [0.15, 0.2) is 0 Å². The van der Waals surface area contributed by atoms with E-state index in [-0.39, 0.29) is 18.0 Å². The van der Waals surface area contributed by atoms with E-state index in [1.807, 2.05) is 49.4 Å². The van der Waals surface area contributed by atoms with E-state index in [1.165, 1.54) is 17.0 Å². The van der Waals surface area contributed by atoms with Gasteiger partial charge in [0, 0.05) is 17.8 Å². The van der Waals surface area contributed by atoms with E-state index in [0.29, 0.717) is 18.8 Å². The molecule has 2 heterocycles. The molecule has 27 heavy (non-hydrogen) atoms. The molecule has 2 aromatic heterocycles. The maximum atomic E-state index is 12.3. The van der Waals surface area contributed by atoms with E-state index in [9.17, 15) is 9.59 Å². The zero-order chi connectivity index (χ0) is 19.1. The molecule has 1 aromatic carbocycles. The molecule has 0 unspecified atom stereocenters. The Labute approximate surface area is 156 Å². The zero-order valence-corrected chi connectivity index (χ0v) is 15.0. The standard InChI is InChI=1S/C20H20N4O3/c1-2-27-17-8-6-15(7-9-17)18-11-20(26)24(14-23-18)13-19(25)22-12-16-5-3-4-10-21-16/h3-11,14H,2,12-13H2,1H3,(H,22,25). The van der Waals surface area contributed by atoms with Gasteiger partial charge in [-0.05, 0) is 43.3 Å². The van der Waals surface area contributed by atoms with Crippen molar-refractivity contribution in [2.75, 3.05) is 6.61 Å². The van der Waals surface area contributed by atoms with Gasteiger partial charge in [0.2, 0.25) is 5.91 Å². The van der Waals surface area contributed by atoms with Crippen LogP contribution < -0.4 is 15.6 Å². The second-order valence-corrected chi connectivity index (χ2v) is 5.80. The number of rotatable bonds is 7. The molecule has 0 atom stereocenters. The number of carbonyl (C=O) groups excluding carboxylic acids is 1. The van der Waals surface area contributed by atoms with E-state index in [4.69, 9.17) is 4.74 Å². The molecular weight excluding hydrogens is 344 g/mol. The maximum Gasteiger partial charge on any atom is 0.254 e. The highest BCUT2D eigenvalue weighted by atomic mass is 16.5. The third kappa shape index (κ3) is 5.01. The maximum absolute atomic E-state index is 12.3. The highest BCUT2D eigenvalue weighted by Crippen LogP contribution is 2.19. The number of aromatic nitrogens is 3. The summed E-state index contributed by atoms with van der Waals surface area (Å²) in [7, 11) is 0. The summed E-state index contributed by atoms with van der Waals surface area (Å²) in [6.45, 7) is 2.73. The minimum Gasteiger partial charge on any atom is -0.494 e. The average molecular weight is 364 g/mol. The zero-order valence-electron chi connectivity index (χ0n) is 15.0. The Morgan fingerprint density at radius 1 is 1.15 bits per heavy atom. The van der Waals surface area contributed by atoms with Crippen LogP contribution in [0.1, 0.15) is 12.6 Å². The molecule has 0 radical (unpaired) electrons. The molecule has 0 fully saturated rings. The van der Waals surface area contributed by atoms with Crippen LogP contribution in [0, 0.1) is 0 Å². The van der Waals surface area contributed by atoms with Crippen LogP contribution in [0.3, 0.4) is 0 Å². The van der Waals surface area contributed by atoms with Crippen molar-refractivity contribution in [3.8, 4) is 17.0 Å². The van der Waals surface area contributed by atoms with Gasteiger partial charge in [-0.1, -0.05) is 6.07 Å². The molecule has 0 bridgehead atoms. The number of pyridine rings is 1. The summed E-state index contributed by atoms with van der Waals surface area (Å²) in [4.78, 5) is 32.8. The summed E-state index contributed by atoms with van der Waals surface area (Å²) in [5, 5.41) is 2.74. The van der Waals surface area contributed by atoms with E-state index in [0.717, 1.165) is 17.0 Å². The second-order valence-electron chi connectivity index (χ2n) is 5.80. The number of nitrogens with zero attached hydrogens (tertiary/aromatic N) is 3. The lowest BCUT2D eigenvalue weighted by Crippen LogP contribution is -2.32. The number of ether oxygens (including phenoxy) is 1. The lowest BCUT2D eigenvalue weighted by Gasteiger charge is -2.08. The summed E-state index contributed by atoms with van der Waals surface area (Å²) >= 11 is 0. The van der Waals surface area contributed by atoms with Crippen molar-refractivity contribution in [3.63, 3.8) is 0 Å². The van der Waals surface area contributed by atoms with Crippen LogP contribution in [0.2, 0.25) is 0 Å². The van der Waals surface area contributed by atoms with Crippen molar-refractivity contribution < 1.29 is 9.53 Å². The lowest BCUT2D eigenvalue weighted by molar-refractivity contribution is -0.121. The molecule has 0 aliphatic rings. The molecular formula is C20H20N4O3. The Balaban J connectivity index is 1.64. The molecule has 1 N–H and O–H groups in total. The Bertz CT molecular complexity index is 953. The smallest absolute Gasteiger partial charge is 0.254 e. The van der Waals surface area contributed by atoms with Gasteiger partial charge in [0.25, 0.3) is 5.56 Å². The van der Waals surface area contributed by atoms with E-state index in [1.54, 1.807) is 6.20 Å². The topological polar surface area (TPSA) is 86.1 Å². The number of hydrogen-bond acceptors (Lipinski definition) is 5. The number of carbonyl (C=O) groups is 1. The summed E-state index contributed by atoms with van der Waals surface area (Å²) in [5.41, 5.74) is 1.82. The minimum atomic E-state index is -0.290. The van der Waals surface area contributed by atoms with Crippen molar-refractivity contribution in [3.05, 3.63) is 77.1 Å². The number of nitrogens with one attached hydrogen (secondary N) is 1. The van der Waals surface area contributed by atoms with Gasteiger partial charge in [0.1, 0.15) is 12.3 Å². The largest absolute Gasteiger partial charge is 0.494 e. The second kappa shape index (κ2) is 8.75. The van der Waals surface area contributed by atoms with Crippen molar-refractivity contribution in [2.24, 2.45) is 0 Å². The van der Waals surface area contributed by atoms with Crippen LogP contribution in [0.25, 0.3) is 11.3 Å². The molecule has 0 aliphatic carbocycles. The molecule has 1 amide bonds. The fourth-order valence-corrected chi connectivity index (χ4v) is 2.49. The van der Waals surface area contributed by atoms with Gasteiger partial charge in [-0.15, -0.1) is 0 Å². The Kier molecular flexibility index (Phi) is 5.94. The highest BCUT2D eigenvalue weighted by Gasteiger charge is 2.07. The van der Waals surface area contributed by atoms with Gasteiger partial charge in [0.05, 0.1) is 30.9 Å². The van der Waals surface area contributed by atoms with Crippen molar-refractivity contribution in [2.45, 2.75) is 20.0 Å². The van der Waals surface area contributed by atoms with Crippen LogP contribution >= 0.6 is 0 Å². The van der Waals surface area contributed by atoms with Gasteiger partial charge < -0.3 is 10.1 Å². The SMILES string of the molecule is CCOc1ccc(-c2cc(=O)n(CC(=O)NCc3ccccn3)cn2)cc1. The fourth-order valence-electron chi connectivity index (χ4n) is 2.49. The first-order chi connectivity index (χ1) is 13.2. The van der Waals surface area contributed by atoms with Crippen LogP contribution in [0.15, 0.2) is 65.8 Å². The third-order valence-corrected chi connectivity index (χ3v) is 3.85. The summed E-state index contributed by atoms with van der Waals surface area (Å²) < 4.78 is 6.67. The first-order valence-corrected chi connectivity index (χ1v) is 8.62. The van der Waals surface area contributed by atoms with Crippen LogP contribution in [-0.4, -0.2) is 27.0 Å². The summed E-state index contributed by atoms with van der Waals surface area (Å²) in [6.07, 6.45) is 3.05. The van der Waals surface area contributed by atoms with Crippen molar-refractivity contribution in [1.82, 2.24) is 19.9 Å². The molecule has 7 nitrogen and oxygen atoms in total. The predicted octanol–water partition coefficient (Wildman–Crippen LogP) is 2.02. The fraction of sp³-hybridized carbons (Fsp3) is 0.200. The molecule has 138 valence electrons. The van der Waals surface area contributed by atoms with E-state index in [2.05, 4.69) is 15.3 Å². The summed E-state index contributed by atoms with van der Waals surface area (Å²) in [6, 6.07) is 14.2. The molecule has 0 saturated carbocycles. The molecule has 3 rings (SSSR count). The van der Waals surface area contributed by atoms with E-state index < -0.39 is 0 Å². The number of amides is 1. The number of hydrogen-bond donors (Lipinski definition) is 1. The van der Waals surface area contributed by atoms with Crippen molar-refractivity contribution in [1.29, 1.82) is 0 Å². The summed E-state index contributed by atoms with van der Waals surface area (Å²) in [5.74, 6) is 0.484. The van der Waals surface area contributed by atoms with Gasteiger partial charge >= 0.3 is 0 Å². The molecule has 0 saturated heterocycles. The van der Waals surface area contributed by atoms with Gasteiger partial charge in [-0.3, -0.25) is 19.1 Å². The molecule has 0 spiro atoms. The Hall–Kier alpha value is -3.48. The molecule has 0 aliphatic heterocycles. The third-order valence-electron chi connectivity index (χ3n) is 3.85. The van der Waals surface area contributed by atoms with Crippen LogP contribution in [-0.2, 0) is 17.9 Å².